The van der Waals surface area contributed by atoms with E-state index in [1.807, 2.05) is 6.07 Å². The van der Waals surface area contributed by atoms with E-state index in [0.717, 1.165) is 50.8 Å². The van der Waals surface area contributed by atoms with Crippen molar-refractivity contribution in [3.8, 4) is 5.06 Å². The lowest BCUT2D eigenvalue weighted by Crippen LogP contribution is -2.48. The van der Waals surface area contributed by atoms with Crippen molar-refractivity contribution in [3.63, 3.8) is 0 Å². The number of nitrogens with zero attached hydrogens (tertiary/aromatic N) is 2. The van der Waals surface area contributed by atoms with Crippen LogP contribution in [0.3, 0.4) is 0 Å². The number of amides is 1. The minimum atomic E-state index is -0.209. The summed E-state index contributed by atoms with van der Waals surface area (Å²) in [6.45, 7) is 5.24. The highest BCUT2D eigenvalue weighted by Crippen LogP contribution is 2.31. The van der Waals surface area contributed by atoms with E-state index in [1.165, 1.54) is 10.4 Å². The molecule has 19 heavy (non-hydrogen) atoms. The molecule has 1 aromatic rings. The average molecular weight is 281 g/mol. The van der Waals surface area contributed by atoms with Crippen molar-refractivity contribution in [2.24, 2.45) is 0 Å². The standard InChI is InChI=1S/C13H19N3O2S/c1-15-4-6-16(7-5-15)13(17)18-12-8-10-9-14-3-2-11(10)19-12/h8,14H,2-7,9H2,1H3. The number of carbonyl (C=O) groups is 1. The van der Waals surface area contributed by atoms with Crippen molar-refractivity contribution in [2.45, 2.75) is 13.0 Å². The van der Waals surface area contributed by atoms with Gasteiger partial charge >= 0.3 is 6.09 Å². The topological polar surface area (TPSA) is 44.8 Å². The highest BCUT2D eigenvalue weighted by atomic mass is 32.1. The summed E-state index contributed by atoms with van der Waals surface area (Å²) in [6, 6.07) is 2.00. The summed E-state index contributed by atoms with van der Waals surface area (Å²) in [4.78, 5) is 17.4. The predicted octanol–water partition coefficient (Wildman–Crippen LogP) is 1.14. The van der Waals surface area contributed by atoms with Gasteiger partial charge in [0.2, 0.25) is 0 Å². The van der Waals surface area contributed by atoms with Crippen molar-refractivity contribution in [3.05, 3.63) is 16.5 Å². The molecule has 0 atom stereocenters. The second-order valence-corrected chi connectivity index (χ2v) is 6.20. The van der Waals surface area contributed by atoms with Crippen LogP contribution in [-0.2, 0) is 13.0 Å². The summed E-state index contributed by atoms with van der Waals surface area (Å²) in [5, 5.41) is 4.06. The number of likely N-dealkylation sites (N-methyl/N-ethyl adjacent to an activating group) is 1. The molecule has 0 aliphatic carbocycles. The molecule has 1 aromatic heterocycles. The molecule has 2 aliphatic rings. The molecule has 5 nitrogen and oxygen atoms in total. The summed E-state index contributed by atoms with van der Waals surface area (Å²) in [6.07, 6.45) is 0.825. The molecule has 0 bridgehead atoms. The zero-order chi connectivity index (χ0) is 13.2. The smallest absolute Gasteiger partial charge is 0.399 e. The Morgan fingerprint density at radius 2 is 2.16 bits per heavy atom. The minimum absolute atomic E-state index is 0.209. The second-order valence-electron chi connectivity index (χ2n) is 5.10. The molecule has 0 radical (unpaired) electrons. The van der Waals surface area contributed by atoms with Crippen LogP contribution in [0.25, 0.3) is 0 Å². The molecule has 6 heteroatoms. The summed E-state index contributed by atoms with van der Waals surface area (Å²) >= 11 is 1.61. The Labute approximate surface area is 117 Å². The molecule has 2 aliphatic heterocycles. The molecule has 3 rings (SSSR count). The first-order valence-corrected chi connectivity index (χ1v) is 7.51. The fourth-order valence-electron chi connectivity index (χ4n) is 2.42. The first-order valence-electron chi connectivity index (χ1n) is 6.70. The lowest BCUT2D eigenvalue weighted by atomic mass is 10.1. The molecule has 0 spiro atoms. The zero-order valence-corrected chi connectivity index (χ0v) is 12.0. The maximum absolute atomic E-state index is 12.1. The molecular weight excluding hydrogens is 262 g/mol. The van der Waals surface area contributed by atoms with Crippen molar-refractivity contribution in [1.29, 1.82) is 0 Å². The Morgan fingerprint density at radius 3 is 2.89 bits per heavy atom. The number of hydrogen-bond donors (Lipinski definition) is 1. The Hall–Kier alpha value is -1.11. The molecule has 0 unspecified atom stereocenters. The normalized spacial score (nSPS) is 20.2. The Balaban J connectivity index is 1.61. The Bertz CT molecular complexity index is 443. The first kappa shape index (κ1) is 12.9. The van der Waals surface area contributed by atoms with E-state index in [9.17, 15) is 4.79 Å². The molecule has 0 saturated carbocycles. The van der Waals surface area contributed by atoms with Gasteiger partial charge in [0.15, 0.2) is 5.06 Å². The zero-order valence-electron chi connectivity index (χ0n) is 11.1. The van der Waals surface area contributed by atoms with Crippen molar-refractivity contribution in [2.75, 3.05) is 39.8 Å². The third-order valence-corrected chi connectivity index (χ3v) is 4.78. The molecule has 1 amide bonds. The lowest BCUT2D eigenvalue weighted by Gasteiger charge is -2.31. The molecule has 3 heterocycles. The molecule has 104 valence electrons. The van der Waals surface area contributed by atoms with Gasteiger partial charge in [0.1, 0.15) is 0 Å². The van der Waals surface area contributed by atoms with Crippen LogP contribution in [-0.4, -0.2) is 55.7 Å². The SMILES string of the molecule is CN1CCN(C(=O)Oc2cc3c(s2)CCNC3)CC1. The van der Waals surface area contributed by atoms with Gasteiger partial charge in [-0.05, 0) is 25.1 Å². The van der Waals surface area contributed by atoms with E-state index in [4.69, 9.17) is 4.74 Å². The van der Waals surface area contributed by atoms with Crippen LogP contribution in [0.2, 0.25) is 0 Å². The van der Waals surface area contributed by atoms with Gasteiger partial charge in [-0.15, -0.1) is 11.3 Å². The van der Waals surface area contributed by atoms with Crippen molar-refractivity contribution >= 4 is 17.4 Å². The van der Waals surface area contributed by atoms with Gasteiger partial charge in [0.25, 0.3) is 0 Å². The second kappa shape index (κ2) is 5.48. The van der Waals surface area contributed by atoms with Crippen LogP contribution >= 0.6 is 11.3 Å². The summed E-state index contributed by atoms with van der Waals surface area (Å²) in [5.41, 5.74) is 1.28. The number of piperazine rings is 1. The third kappa shape index (κ3) is 2.91. The first-order chi connectivity index (χ1) is 9.22. The van der Waals surface area contributed by atoms with Crippen LogP contribution in [0.5, 0.6) is 5.06 Å². The maximum atomic E-state index is 12.1. The number of nitrogens with one attached hydrogen (secondary N) is 1. The van der Waals surface area contributed by atoms with Crippen LogP contribution in [0, 0.1) is 0 Å². The van der Waals surface area contributed by atoms with Crippen LogP contribution in [0.15, 0.2) is 6.07 Å². The highest BCUT2D eigenvalue weighted by Gasteiger charge is 2.22. The fraction of sp³-hybridized carbons (Fsp3) is 0.615. The molecule has 1 saturated heterocycles. The van der Waals surface area contributed by atoms with Gasteiger partial charge in [-0.25, -0.2) is 4.79 Å². The molecule has 1 N–H and O–H groups in total. The monoisotopic (exact) mass is 281 g/mol. The molecular formula is C13H19N3O2S. The summed E-state index contributed by atoms with van der Waals surface area (Å²) in [7, 11) is 2.07. The van der Waals surface area contributed by atoms with Crippen molar-refractivity contribution in [1.82, 2.24) is 15.1 Å². The number of hydrogen-bond acceptors (Lipinski definition) is 5. The van der Waals surface area contributed by atoms with Crippen LogP contribution < -0.4 is 10.1 Å². The summed E-state index contributed by atoms with van der Waals surface area (Å²) < 4.78 is 5.50. The van der Waals surface area contributed by atoms with E-state index >= 15 is 0 Å². The number of carbonyl (C=O) groups excluding carboxylic acids is 1. The maximum Gasteiger partial charge on any atom is 0.416 e. The number of rotatable bonds is 1. The van der Waals surface area contributed by atoms with Gasteiger partial charge in [0, 0.05) is 44.1 Å². The van der Waals surface area contributed by atoms with Crippen molar-refractivity contribution < 1.29 is 9.53 Å². The van der Waals surface area contributed by atoms with Crippen LogP contribution in [0.4, 0.5) is 4.79 Å². The van der Waals surface area contributed by atoms with Crippen LogP contribution in [0.1, 0.15) is 10.4 Å². The number of thiophene rings is 1. The number of fused-ring (bicyclic) bond motifs is 1. The minimum Gasteiger partial charge on any atom is -0.399 e. The number of ether oxygens (including phenoxy) is 1. The Morgan fingerprint density at radius 1 is 1.37 bits per heavy atom. The van der Waals surface area contributed by atoms with Gasteiger partial charge in [-0.2, -0.15) is 0 Å². The van der Waals surface area contributed by atoms with Gasteiger partial charge in [-0.1, -0.05) is 0 Å². The van der Waals surface area contributed by atoms with E-state index in [1.54, 1.807) is 16.2 Å². The van der Waals surface area contributed by atoms with Gasteiger partial charge in [-0.3, -0.25) is 0 Å². The Kier molecular flexibility index (Phi) is 3.72. The fourth-order valence-corrected chi connectivity index (χ4v) is 3.44. The highest BCUT2D eigenvalue weighted by molar-refractivity contribution is 7.14. The third-order valence-electron chi connectivity index (χ3n) is 3.67. The quantitative estimate of drug-likeness (QED) is 0.838. The predicted molar refractivity (Wildman–Crippen MR) is 74.8 cm³/mol. The van der Waals surface area contributed by atoms with E-state index in [0.29, 0.717) is 0 Å². The average Bonchev–Trinajstić information content (AvgIpc) is 2.81. The lowest BCUT2D eigenvalue weighted by molar-refractivity contribution is 0.121. The van der Waals surface area contributed by atoms with Gasteiger partial charge < -0.3 is 19.9 Å². The van der Waals surface area contributed by atoms with E-state index < -0.39 is 0 Å². The van der Waals surface area contributed by atoms with E-state index in [2.05, 4.69) is 17.3 Å². The largest absolute Gasteiger partial charge is 0.416 e. The molecule has 0 aromatic carbocycles. The van der Waals surface area contributed by atoms with Gasteiger partial charge in [0.05, 0.1) is 0 Å². The molecule has 1 fully saturated rings. The van der Waals surface area contributed by atoms with E-state index in [-0.39, 0.29) is 6.09 Å². The summed E-state index contributed by atoms with van der Waals surface area (Å²) in [5.74, 6) is 0.